The number of carboxylic acids is 1. The second kappa shape index (κ2) is 10.0. The number of rotatable bonds is 10. The average Bonchev–Trinajstić information content (AvgIpc) is 2.38. The number of hydrogen-bond acceptors (Lipinski definition) is 4. The first kappa shape index (κ1) is 18.2. The van der Waals surface area contributed by atoms with Gasteiger partial charge in [0.15, 0.2) is 0 Å². The number of carboxylic acid groups (broad SMARTS) is 1. The Hall–Kier alpha value is -1.83. The molecular formula is C12H23N3O5. The summed E-state index contributed by atoms with van der Waals surface area (Å²) in [7, 11) is 0. The van der Waals surface area contributed by atoms with E-state index in [2.05, 4.69) is 5.32 Å². The summed E-state index contributed by atoms with van der Waals surface area (Å²) in [6.45, 7) is 5.37. The van der Waals surface area contributed by atoms with Crippen molar-refractivity contribution in [3.8, 4) is 0 Å². The smallest absolute Gasteiger partial charge is 0.326 e. The summed E-state index contributed by atoms with van der Waals surface area (Å²) in [5.74, 6) is -1.80. The number of nitrogens with two attached hydrogens (primary N) is 1. The van der Waals surface area contributed by atoms with Crippen molar-refractivity contribution in [3.05, 3.63) is 0 Å². The standard InChI is InChI=1S/C12H23N3O5/c1-3-15(7-8-20-4-2)12(19)14-9(11(17)18)5-6-10(13)16/h9H,3-8H2,1-2H3,(H2,13,16)(H,14,19)(H,17,18)/t9-/m1/s1. The molecule has 0 aliphatic heterocycles. The van der Waals surface area contributed by atoms with Crippen LogP contribution in [0.2, 0.25) is 0 Å². The summed E-state index contributed by atoms with van der Waals surface area (Å²) < 4.78 is 5.15. The Morgan fingerprint density at radius 3 is 2.45 bits per heavy atom. The third-order valence-corrected chi connectivity index (χ3v) is 2.65. The molecular weight excluding hydrogens is 266 g/mol. The lowest BCUT2D eigenvalue weighted by Crippen LogP contribution is -2.49. The molecule has 0 aliphatic rings. The van der Waals surface area contributed by atoms with Crippen LogP contribution in [0.1, 0.15) is 26.7 Å². The number of carbonyl (C=O) groups excluding carboxylic acids is 2. The van der Waals surface area contributed by atoms with Crippen LogP contribution in [0.15, 0.2) is 0 Å². The van der Waals surface area contributed by atoms with Crippen LogP contribution >= 0.6 is 0 Å². The molecule has 0 saturated carbocycles. The number of nitrogens with one attached hydrogen (secondary N) is 1. The van der Waals surface area contributed by atoms with E-state index >= 15 is 0 Å². The molecule has 0 unspecified atom stereocenters. The molecule has 0 aromatic rings. The van der Waals surface area contributed by atoms with E-state index in [0.717, 1.165) is 0 Å². The molecule has 8 nitrogen and oxygen atoms in total. The van der Waals surface area contributed by atoms with Gasteiger partial charge in [-0.15, -0.1) is 0 Å². The van der Waals surface area contributed by atoms with Gasteiger partial charge in [-0.3, -0.25) is 4.79 Å². The Bertz CT molecular complexity index is 335. The van der Waals surface area contributed by atoms with Gasteiger partial charge in [0.05, 0.1) is 6.61 Å². The lowest BCUT2D eigenvalue weighted by atomic mass is 10.1. The molecule has 0 rings (SSSR count). The molecule has 4 N–H and O–H groups in total. The fraction of sp³-hybridized carbons (Fsp3) is 0.750. The van der Waals surface area contributed by atoms with Crippen molar-refractivity contribution in [2.24, 2.45) is 5.73 Å². The normalized spacial score (nSPS) is 11.7. The first-order chi connectivity index (χ1) is 9.42. The van der Waals surface area contributed by atoms with Crippen molar-refractivity contribution in [1.82, 2.24) is 10.2 Å². The van der Waals surface area contributed by atoms with Gasteiger partial charge in [0.2, 0.25) is 5.91 Å². The first-order valence-electron chi connectivity index (χ1n) is 6.56. The molecule has 0 bridgehead atoms. The summed E-state index contributed by atoms with van der Waals surface area (Å²) in [5, 5.41) is 11.4. The monoisotopic (exact) mass is 289 g/mol. The second-order valence-electron chi connectivity index (χ2n) is 4.12. The quantitative estimate of drug-likeness (QED) is 0.480. The Labute approximate surface area is 118 Å². The van der Waals surface area contributed by atoms with Crippen molar-refractivity contribution in [2.45, 2.75) is 32.7 Å². The van der Waals surface area contributed by atoms with Crippen LogP contribution in [0.3, 0.4) is 0 Å². The number of ether oxygens (including phenoxy) is 1. The average molecular weight is 289 g/mol. The number of amides is 3. The molecule has 8 heteroatoms. The fourth-order valence-electron chi connectivity index (χ4n) is 1.51. The van der Waals surface area contributed by atoms with Gasteiger partial charge in [-0.2, -0.15) is 0 Å². The van der Waals surface area contributed by atoms with Gasteiger partial charge in [-0.25, -0.2) is 9.59 Å². The summed E-state index contributed by atoms with van der Waals surface area (Å²) in [6.07, 6.45) is -0.123. The minimum Gasteiger partial charge on any atom is -0.480 e. The predicted octanol–water partition coefficient (Wildman–Crippen LogP) is -0.227. The van der Waals surface area contributed by atoms with E-state index in [1.54, 1.807) is 6.92 Å². The van der Waals surface area contributed by atoms with Gasteiger partial charge in [-0.05, 0) is 20.3 Å². The summed E-state index contributed by atoms with van der Waals surface area (Å²) in [6, 6.07) is -1.62. The number of primary amides is 1. The zero-order valence-corrected chi connectivity index (χ0v) is 11.9. The number of hydrogen-bond donors (Lipinski definition) is 3. The molecule has 0 radical (unpaired) electrons. The van der Waals surface area contributed by atoms with E-state index in [4.69, 9.17) is 15.6 Å². The Kier molecular flexibility index (Phi) is 9.10. The highest BCUT2D eigenvalue weighted by atomic mass is 16.5. The topological polar surface area (TPSA) is 122 Å². The SMILES string of the molecule is CCOCCN(CC)C(=O)N[C@H](CCC(N)=O)C(=O)O. The summed E-state index contributed by atoms with van der Waals surface area (Å²) in [4.78, 5) is 35.0. The van der Waals surface area contributed by atoms with Crippen LogP contribution in [0.4, 0.5) is 4.79 Å². The van der Waals surface area contributed by atoms with Gasteiger partial charge in [0, 0.05) is 26.1 Å². The number of carbonyl (C=O) groups is 3. The number of likely N-dealkylation sites (N-methyl/N-ethyl adjacent to an activating group) is 1. The third kappa shape index (κ3) is 7.57. The second-order valence-corrected chi connectivity index (χ2v) is 4.12. The summed E-state index contributed by atoms with van der Waals surface area (Å²) in [5.41, 5.74) is 4.97. The molecule has 116 valence electrons. The molecule has 20 heavy (non-hydrogen) atoms. The predicted molar refractivity (Wildman–Crippen MR) is 72.1 cm³/mol. The zero-order chi connectivity index (χ0) is 15.5. The van der Waals surface area contributed by atoms with Gasteiger partial charge < -0.3 is 25.8 Å². The van der Waals surface area contributed by atoms with E-state index in [0.29, 0.717) is 26.3 Å². The Balaban J connectivity index is 4.39. The maximum atomic E-state index is 11.9. The van der Waals surface area contributed by atoms with Crippen LogP contribution in [0.5, 0.6) is 0 Å². The maximum Gasteiger partial charge on any atom is 0.326 e. The Morgan fingerprint density at radius 1 is 1.35 bits per heavy atom. The van der Waals surface area contributed by atoms with Gasteiger partial charge in [0.1, 0.15) is 6.04 Å². The number of nitrogens with zero attached hydrogens (tertiary/aromatic N) is 1. The molecule has 3 amide bonds. The highest BCUT2D eigenvalue weighted by molar-refractivity contribution is 5.83. The molecule has 0 saturated heterocycles. The van der Waals surface area contributed by atoms with E-state index < -0.39 is 23.9 Å². The number of urea groups is 1. The van der Waals surface area contributed by atoms with E-state index in [1.165, 1.54) is 4.90 Å². The summed E-state index contributed by atoms with van der Waals surface area (Å²) >= 11 is 0. The van der Waals surface area contributed by atoms with Crippen molar-refractivity contribution >= 4 is 17.9 Å². The first-order valence-corrected chi connectivity index (χ1v) is 6.56. The van der Waals surface area contributed by atoms with Crippen LogP contribution in [0, 0.1) is 0 Å². The van der Waals surface area contributed by atoms with Crippen molar-refractivity contribution < 1.29 is 24.2 Å². The van der Waals surface area contributed by atoms with Crippen molar-refractivity contribution in [1.29, 1.82) is 0 Å². The third-order valence-electron chi connectivity index (χ3n) is 2.65. The lowest BCUT2D eigenvalue weighted by molar-refractivity contribution is -0.139. The molecule has 0 heterocycles. The highest BCUT2D eigenvalue weighted by Crippen LogP contribution is 2.00. The van der Waals surface area contributed by atoms with E-state index in [9.17, 15) is 14.4 Å². The fourth-order valence-corrected chi connectivity index (χ4v) is 1.51. The molecule has 0 spiro atoms. The molecule has 0 aromatic carbocycles. The van der Waals surface area contributed by atoms with E-state index in [-0.39, 0.29) is 12.8 Å². The van der Waals surface area contributed by atoms with Crippen LogP contribution < -0.4 is 11.1 Å². The minimum atomic E-state index is -1.19. The van der Waals surface area contributed by atoms with Crippen molar-refractivity contribution in [3.63, 3.8) is 0 Å². The highest BCUT2D eigenvalue weighted by Gasteiger charge is 2.22. The van der Waals surface area contributed by atoms with Crippen LogP contribution in [-0.4, -0.2) is 60.3 Å². The van der Waals surface area contributed by atoms with Crippen LogP contribution in [0.25, 0.3) is 0 Å². The van der Waals surface area contributed by atoms with Gasteiger partial charge in [-0.1, -0.05) is 0 Å². The largest absolute Gasteiger partial charge is 0.480 e. The maximum absolute atomic E-state index is 11.9. The lowest BCUT2D eigenvalue weighted by Gasteiger charge is -2.23. The zero-order valence-electron chi connectivity index (χ0n) is 11.9. The van der Waals surface area contributed by atoms with Gasteiger partial charge >= 0.3 is 12.0 Å². The van der Waals surface area contributed by atoms with Gasteiger partial charge in [0.25, 0.3) is 0 Å². The van der Waals surface area contributed by atoms with Crippen molar-refractivity contribution in [2.75, 3.05) is 26.3 Å². The number of aliphatic carboxylic acids is 1. The molecule has 0 fully saturated rings. The van der Waals surface area contributed by atoms with Crippen LogP contribution in [-0.2, 0) is 14.3 Å². The molecule has 1 atom stereocenters. The van der Waals surface area contributed by atoms with E-state index in [1.807, 2.05) is 6.92 Å². The molecule has 0 aromatic heterocycles. The Morgan fingerprint density at radius 2 is 2.00 bits per heavy atom. The minimum absolute atomic E-state index is 0.0284. The molecule has 0 aliphatic carbocycles.